The summed E-state index contributed by atoms with van der Waals surface area (Å²) in [7, 11) is 0. The highest BCUT2D eigenvalue weighted by Crippen LogP contribution is 2.32. The van der Waals surface area contributed by atoms with Crippen molar-refractivity contribution in [1.82, 2.24) is 19.8 Å². The molecule has 2 amide bonds. The second kappa shape index (κ2) is 12.4. The number of anilines is 2. The second-order valence-electron chi connectivity index (χ2n) is 11.2. The summed E-state index contributed by atoms with van der Waals surface area (Å²) in [6.45, 7) is 6.25. The number of aromatic nitrogens is 2. The van der Waals surface area contributed by atoms with Gasteiger partial charge in [-0.05, 0) is 81.5 Å². The smallest absolute Gasteiger partial charge is 0.321 e. The van der Waals surface area contributed by atoms with Crippen LogP contribution in [0, 0.1) is 0 Å². The maximum absolute atomic E-state index is 13.0. The summed E-state index contributed by atoms with van der Waals surface area (Å²) in [6, 6.07) is 14.5. The molecule has 3 aliphatic rings. The van der Waals surface area contributed by atoms with E-state index in [0.717, 1.165) is 79.9 Å². The van der Waals surface area contributed by atoms with Crippen molar-refractivity contribution in [3.8, 4) is 5.75 Å². The Bertz CT molecular complexity index is 1290. The third kappa shape index (κ3) is 6.00. The normalized spacial score (nSPS) is 20.4. The van der Waals surface area contributed by atoms with Crippen LogP contribution in [0.1, 0.15) is 50.1 Å². The molecule has 0 saturated carbocycles. The lowest BCUT2D eigenvalue weighted by atomic mass is 9.91. The Morgan fingerprint density at radius 1 is 0.950 bits per heavy atom. The lowest BCUT2D eigenvalue weighted by molar-refractivity contribution is 0.139. The van der Waals surface area contributed by atoms with E-state index >= 15 is 0 Å². The zero-order valence-corrected chi connectivity index (χ0v) is 23.2. The summed E-state index contributed by atoms with van der Waals surface area (Å²) in [4.78, 5) is 28.7. The molecule has 9 nitrogen and oxygen atoms in total. The number of hydrogen-bond acceptors (Lipinski definition) is 7. The van der Waals surface area contributed by atoms with Crippen LogP contribution in [-0.2, 0) is 0 Å². The maximum atomic E-state index is 13.0. The average molecular weight is 545 g/mol. The number of hydrogen-bond donors (Lipinski definition) is 2. The number of nitrogens with zero attached hydrogens (tertiary/aromatic N) is 5. The molecule has 1 aromatic heterocycles. The van der Waals surface area contributed by atoms with Gasteiger partial charge in [-0.3, -0.25) is 4.90 Å². The van der Waals surface area contributed by atoms with E-state index in [1.165, 1.54) is 18.5 Å². The molecule has 0 spiro atoms. The number of fused-ring (bicyclic) bond motifs is 1. The predicted molar refractivity (Wildman–Crippen MR) is 157 cm³/mol. The maximum Gasteiger partial charge on any atom is 0.321 e. The van der Waals surface area contributed by atoms with Gasteiger partial charge in [-0.1, -0.05) is 0 Å². The summed E-state index contributed by atoms with van der Waals surface area (Å²) in [5.74, 6) is 1.09. The molecule has 40 heavy (non-hydrogen) atoms. The minimum absolute atomic E-state index is 0.0408. The van der Waals surface area contributed by atoms with Crippen LogP contribution in [-0.4, -0.2) is 89.4 Å². The molecule has 212 valence electrons. The molecule has 0 bridgehead atoms. The van der Waals surface area contributed by atoms with Crippen molar-refractivity contribution in [2.45, 2.75) is 50.5 Å². The molecule has 0 radical (unpaired) electrons. The van der Waals surface area contributed by atoms with Gasteiger partial charge in [-0.25, -0.2) is 14.8 Å². The summed E-state index contributed by atoms with van der Waals surface area (Å²) < 4.78 is 6.04. The van der Waals surface area contributed by atoms with E-state index < -0.39 is 0 Å². The number of amides is 2. The van der Waals surface area contributed by atoms with E-state index in [2.05, 4.69) is 43.3 Å². The van der Waals surface area contributed by atoms with Crippen molar-refractivity contribution in [3.05, 3.63) is 54.5 Å². The van der Waals surface area contributed by atoms with Gasteiger partial charge >= 0.3 is 6.03 Å². The summed E-state index contributed by atoms with van der Waals surface area (Å²) in [5, 5.41) is 13.7. The number of aliphatic hydroxyl groups is 1. The van der Waals surface area contributed by atoms with Crippen molar-refractivity contribution in [1.29, 1.82) is 0 Å². The first-order chi connectivity index (χ1) is 19.7. The summed E-state index contributed by atoms with van der Waals surface area (Å²) in [6.07, 6.45) is 8.07. The van der Waals surface area contributed by atoms with Gasteiger partial charge < -0.3 is 25.0 Å². The zero-order chi connectivity index (χ0) is 27.3. The Labute approximate surface area is 236 Å². The van der Waals surface area contributed by atoms with E-state index in [4.69, 9.17) is 4.74 Å². The third-order valence-electron chi connectivity index (χ3n) is 8.75. The zero-order valence-electron chi connectivity index (χ0n) is 23.2. The molecule has 1 unspecified atom stereocenters. The van der Waals surface area contributed by atoms with E-state index in [1.807, 2.05) is 29.2 Å². The minimum atomic E-state index is -0.0408. The highest BCUT2D eigenvalue weighted by atomic mass is 16.5. The predicted octanol–water partition coefficient (Wildman–Crippen LogP) is 4.48. The molecule has 2 N–H and O–H groups in total. The molecule has 9 heteroatoms. The number of benzene rings is 2. The Balaban J connectivity index is 1.02. The van der Waals surface area contributed by atoms with Crippen molar-refractivity contribution < 1.29 is 14.6 Å². The van der Waals surface area contributed by atoms with Gasteiger partial charge in [0.2, 0.25) is 0 Å². The Hall–Kier alpha value is -3.43. The third-order valence-corrected chi connectivity index (χ3v) is 8.75. The lowest BCUT2D eigenvalue weighted by Crippen LogP contribution is -2.40. The van der Waals surface area contributed by atoms with Crippen LogP contribution in [0.3, 0.4) is 0 Å². The highest BCUT2D eigenvalue weighted by Gasteiger charge is 2.27. The van der Waals surface area contributed by atoms with Crippen molar-refractivity contribution in [2.24, 2.45) is 0 Å². The molecule has 1 atom stereocenters. The van der Waals surface area contributed by atoms with Gasteiger partial charge in [0.05, 0.1) is 17.8 Å². The molecule has 4 heterocycles. The number of likely N-dealkylation sites (tertiary alicyclic amines) is 2. The quantitative estimate of drug-likeness (QED) is 0.432. The number of urea groups is 1. The first kappa shape index (κ1) is 26.8. The Kier molecular flexibility index (Phi) is 8.29. The van der Waals surface area contributed by atoms with Gasteiger partial charge in [0.1, 0.15) is 18.7 Å². The molecule has 3 fully saturated rings. The number of carbonyl (C=O) groups excluding carboxylic acids is 1. The van der Waals surface area contributed by atoms with Gasteiger partial charge in [-0.15, -0.1) is 0 Å². The van der Waals surface area contributed by atoms with Crippen LogP contribution < -0.4 is 15.0 Å². The van der Waals surface area contributed by atoms with E-state index in [1.54, 1.807) is 6.33 Å². The molecule has 0 aliphatic carbocycles. The van der Waals surface area contributed by atoms with E-state index in [0.29, 0.717) is 19.7 Å². The fourth-order valence-electron chi connectivity index (χ4n) is 6.44. The number of ether oxygens (including phenoxy) is 1. The van der Waals surface area contributed by atoms with E-state index in [9.17, 15) is 9.90 Å². The van der Waals surface area contributed by atoms with Gasteiger partial charge in [-0.2, -0.15) is 0 Å². The largest absolute Gasteiger partial charge is 0.492 e. The Morgan fingerprint density at radius 2 is 1.75 bits per heavy atom. The number of rotatable bonds is 8. The van der Waals surface area contributed by atoms with Crippen molar-refractivity contribution in [2.75, 3.05) is 62.7 Å². The lowest BCUT2D eigenvalue weighted by Gasteiger charge is -2.32. The SMILES string of the molecule is O=C(Nc1ccc(N2CCCC2)cc1)N1CCC(c2ncnc3cc(OCCN4CCCC4CO)ccc23)CC1. The first-order valence-corrected chi connectivity index (χ1v) is 14.8. The molecular weight excluding hydrogens is 504 g/mol. The van der Waals surface area contributed by atoms with Crippen molar-refractivity contribution in [3.63, 3.8) is 0 Å². The molecule has 3 aromatic rings. The van der Waals surface area contributed by atoms with Crippen LogP contribution in [0.5, 0.6) is 5.75 Å². The number of carbonyl (C=O) groups is 1. The van der Waals surface area contributed by atoms with Crippen LogP contribution >= 0.6 is 0 Å². The van der Waals surface area contributed by atoms with Crippen LogP contribution in [0.15, 0.2) is 48.8 Å². The molecule has 3 saturated heterocycles. The van der Waals surface area contributed by atoms with Gasteiger partial charge in [0, 0.05) is 67.5 Å². The molecular formula is C31H40N6O3. The average Bonchev–Trinajstić information content (AvgIpc) is 3.70. The summed E-state index contributed by atoms with van der Waals surface area (Å²) in [5.41, 5.74) is 4.00. The van der Waals surface area contributed by atoms with Gasteiger partial charge in [0.25, 0.3) is 0 Å². The first-order valence-electron chi connectivity index (χ1n) is 14.8. The monoisotopic (exact) mass is 544 g/mol. The Morgan fingerprint density at radius 3 is 2.52 bits per heavy atom. The van der Waals surface area contributed by atoms with Gasteiger partial charge in [0.15, 0.2) is 0 Å². The second-order valence-corrected chi connectivity index (χ2v) is 11.2. The number of piperidine rings is 1. The van der Waals surface area contributed by atoms with Crippen LogP contribution in [0.4, 0.5) is 16.2 Å². The molecule has 6 rings (SSSR count). The fraction of sp³-hybridized carbons (Fsp3) is 0.516. The fourth-order valence-corrected chi connectivity index (χ4v) is 6.44. The topological polar surface area (TPSA) is 94.1 Å². The summed E-state index contributed by atoms with van der Waals surface area (Å²) >= 11 is 0. The molecule has 3 aliphatic heterocycles. The van der Waals surface area contributed by atoms with E-state index in [-0.39, 0.29) is 24.6 Å². The molecule has 2 aromatic carbocycles. The van der Waals surface area contributed by atoms with Crippen molar-refractivity contribution >= 4 is 28.3 Å². The van der Waals surface area contributed by atoms with Crippen LogP contribution in [0.2, 0.25) is 0 Å². The standard InChI is InChI=1S/C31H40N6O3/c38-21-26-4-3-15-36(26)18-19-40-27-9-10-28-29(20-27)32-22-33-30(28)23-11-16-37(17-12-23)31(39)34-24-5-7-25(8-6-24)35-13-1-2-14-35/h5-10,20,22-23,26,38H,1-4,11-19,21H2,(H,34,39). The number of nitrogens with one attached hydrogen (secondary N) is 1. The van der Waals surface area contributed by atoms with Crippen LogP contribution in [0.25, 0.3) is 10.9 Å². The highest BCUT2D eigenvalue weighted by molar-refractivity contribution is 5.89. The minimum Gasteiger partial charge on any atom is -0.492 e. The number of aliphatic hydroxyl groups excluding tert-OH is 1.